The van der Waals surface area contributed by atoms with Crippen molar-refractivity contribution in [1.82, 2.24) is 4.90 Å². The number of carbonyl (C=O) groups excluding carboxylic acids is 2. The number of amides is 1. The Balaban J connectivity index is 2.82. The average molecular weight is 237 g/mol. The summed E-state index contributed by atoms with van der Waals surface area (Å²) in [4.78, 5) is 26.0. The van der Waals surface area contributed by atoms with Crippen LogP contribution in [0.3, 0.4) is 0 Å². The van der Waals surface area contributed by atoms with Gasteiger partial charge in [-0.1, -0.05) is 27.4 Å². The normalized spacial score (nSPS) is 17.1. The number of rotatable bonds is 4. The molecule has 1 heterocycles. The third kappa shape index (κ3) is 2.76. The van der Waals surface area contributed by atoms with Gasteiger partial charge in [0.05, 0.1) is 0 Å². The first-order chi connectivity index (χ1) is 7.96. The van der Waals surface area contributed by atoms with E-state index in [9.17, 15) is 9.59 Å². The third-order valence-electron chi connectivity index (χ3n) is 4.03. The van der Waals surface area contributed by atoms with Crippen LogP contribution in [0.1, 0.15) is 52.9 Å². The lowest BCUT2D eigenvalue weighted by molar-refractivity contribution is -0.149. The minimum Gasteiger partial charge on any atom is -0.310 e. The summed E-state index contributed by atoms with van der Waals surface area (Å²) in [7, 11) is 0. The van der Waals surface area contributed by atoms with Gasteiger partial charge < -0.3 is 4.90 Å². The Morgan fingerprint density at radius 1 is 1.29 bits per heavy atom. The molecular formula is C14H23NO2. The van der Waals surface area contributed by atoms with Crippen LogP contribution in [0.4, 0.5) is 0 Å². The van der Waals surface area contributed by atoms with Crippen LogP contribution in [0.15, 0.2) is 12.3 Å². The van der Waals surface area contributed by atoms with E-state index < -0.39 is 5.41 Å². The fourth-order valence-electron chi connectivity index (χ4n) is 2.09. The van der Waals surface area contributed by atoms with Gasteiger partial charge in [-0.3, -0.25) is 9.59 Å². The molecule has 17 heavy (non-hydrogen) atoms. The van der Waals surface area contributed by atoms with Gasteiger partial charge >= 0.3 is 0 Å². The molecular weight excluding hydrogens is 214 g/mol. The zero-order valence-electron chi connectivity index (χ0n) is 11.2. The number of carbonyl (C=O) groups is 2. The Kier molecular flexibility index (Phi) is 4.49. The number of Topliss-reactive ketones (excluding diaryl/α,β-unsaturated/α-hetero) is 1. The van der Waals surface area contributed by atoms with Gasteiger partial charge in [0.25, 0.3) is 5.91 Å². The number of piperidine rings is 1. The van der Waals surface area contributed by atoms with Crippen LogP contribution in [0, 0.1) is 5.41 Å². The molecule has 1 fully saturated rings. The van der Waals surface area contributed by atoms with Crippen LogP contribution in [-0.2, 0) is 9.59 Å². The van der Waals surface area contributed by atoms with Crippen molar-refractivity contribution in [3.05, 3.63) is 12.3 Å². The molecule has 0 unspecified atom stereocenters. The Hall–Kier alpha value is -1.12. The summed E-state index contributed by atoms with van der Waals surface area (Å²) in [5.74, 6) is -0.619. The van der Waals surface area contributed by atoms with Crippen molar-refractivity contribution in [3.8, 4) is 0 Å². The standard InChI is InChI=1S/C14H23NO2/c1-5-14(4,6-2)12(16)13(17)15-10-8-7-9-11(15)3/h3,5-10H2,1-2,4H3. The molecule has 1 aliphatic heterocycles. The molecule has 0 saturated carbocycles. The second-order valence-electron chi connectivity index (χ2n) is 5.08. The maximum atomic E-state index is 12.2. The first-order valence-electron chi connectivity index (χ1n) is 6.50. The molecule has 3 heteroatoms. The lowest BCUT2D eigenvalue weighted by Gasteiger charge is -2.32. The van der Waals surface area contributed by atoms with E-state index in [-0.39, 0.29) is 11.7 Å². The Morgan fingerprint density at radius 2 is 1.88 bits per heavy atom. The maximum Gasteiger partial charge on any atom is 0.294 e. The Labute approximate surface area is 104 Å². The van der Waals surface area contributed by atoms with Crippen LogP contribution < -0.4 is 0 Å². The van der Waals surface area contributed by atoms with Gasteiger partial charge in [-0.15, -0.1) is 0 Å². The summed E-state index contributed by atoms with van der Waals surface area (Å²) < 4.78 is 0. The van der Waals surface area contributed by atoms with E-state index in [1.165, 1.54) is 0 Å². The number of hydrogen-bond donors (Lipinski definition) is 0. The molecule has 1 rings (SSSR count). The summed E-state index contributed by atoms with van der Waals surface area (Å²) in [6.07, 6.45) is 4.26. The summed E-state index contributed by atoms with van der Waals surface area (Å²) in [5, 5.41) is 0. The van der Waals surface area contributed by atoms with Crippen LogP contribution in [-0.4, -0.2) is 23.1 Å². The highest BCUT2D eigenvalue weighted by Crippen LogP contribution is 2.29. The summed E-state index contributed by atoms with van der Waals surface area (Å²) in [6.45, 7) is 10.3. The fraction of sp³-hybridized carbons (Fsp3) is 0.714. The first kappa shape index (κ1) is 13.9. The van der Waals surface area contributed by atoms with Gasteiger partial charge in [-0.2, -0.15) is 0 Å². The van der Waals surface area contributed by atoms with Crippen molar-refractivity contribution in [1.29, 1.82) is 0 Å². The first-order valence-corrected chi connectivity index (χ1v) is 6.50. The molecule has 3 nitrogen and oxygen atoms in total. The highest BCUT2D eigenvalue weighted by molar-refractivity contribution is 6.38. The van der Waals surface area contributed by atoms with Crippen LogP contribution >= 0.6 is 0 Å². The van der Waals surface area contributed by atoms with Crippen molar-refractivity contribution in [2.75, 3.05) is 6.54 Å². The van der Waals surface area contributed by atoms with Gasteiger partial charge in [-0.25, -0.2) is 0 Å². The molecule has 0 spiro atoms. The highest BCUT2D eigenvalue weighted by atomic mass is 16.2. The molecule has 0 radical (unpaired) electrons. The maximum absolute atomic E-state index is 12.2. The average Bonchev–Trinajstić information content (AvgIpc) is 2.36. The lowest BCUT2D eigenvalue weighted by atomic mass is 9.79. The van der Waals surface area contributed by atoms with Crippen molar-refractivity contribution < 1.29 is 9.59 Å². The van der Waals surface area contributed by atoms with E-state index in [1.54, 1.807) is 4.90 Å². The van der Waals surface area contributed by atoms with E-state index >= 15 is 0 Å². The molecule has 0 bridgehead atoms. The molecule has 1 saturated heterocycles. The van der Waals surface area contributed by atoms with Crippen LogP contribution in [0.2, 0.25) is 0 Å². The zero-order valence-corrected chi connectivity index (χ0v) is 11.2. The molecule has 0 atom stereocenters. The zero-order chi connectivity index (χ0) is 13.1. The second kappa shape index (κ2) is 5.48. The van der Waals surface area contributed by atoms with E-state index in [2.05, 4.69) is 6.58 Å². The van der Waals surface area contributed by atoms with E-state index in [4.69, 9.17) is 0 Å². The predicted molar refractivity (Wildman–Crippen MR) is 68.4 cm³/mol. The molecule has 96 valence electrons. The molecule has 1 amide bonds. The molecule has 0 aromatic rings. The number of allylic oxidation sites excluding steroid dienone is 1. The van der Waals surface area contributed by atoms with Crippen molar-refractivity contribution in [3.63, 3.8) is 0 Å². The number of likely N-dealkylation sites (tertiary alicyclic amines) is 1. The number of nitrogens with zero attached hydrogens (tertiary/aromatic N) is 1. The van der Waals surface area contributed by atoms with E-state index in [1.807, 2.05) is 20.8 Å². The smallest absolute Gasteiger partial charge is 0.294 e. The van der Waals surface area contributed by atoms with Crippen molar-refractivity contribution in [2.24, 2.45) is 5.41 Å². The molecule has 0 aromatic carbocycles. The van der Waals surface area contributed by atoms with Crippen LogP contribution in [0.25, 0.3) is 0 Å². The summed E-state index contributed by atoms with van der Waals surface area (Å²) in [5.41, 5.74) is 0.276. The van der Waals surface area contributed by atoms with Crippen LogP contribution in [0.5, 0.6) is 0 Å². The fourth-order valence-corrected chi connectivity index (χ4v) is 2.09. The highest BCUT2D eigenvalue weighted by Gasteiger charge is 2.37. The molecule has 0 aliphatic carbocycles. The SMILES string of the molecule is C=C1CCCCN1C(=O)C(=O)C(C)(CC)CC. The Bertz CT molecular complexity index is 329. The third-order valence-corrected chi connectivity index (χ3v) is 4.03. The molecule has 0 N–H and O–H groups in total. The van der Waals surface area contributed by atoms with Gasteiger partial charge in [0.1, 0.15) is 0 Å². The number of ketones is 1. The lowest BCUT2D eigenvalue weighted by Crippen LogP contribution is -2.44. The monoisotopic (exact) mass is 237 g/mol. The number of hydrogen-bond acceptors (Lipinski definition) is 2. The van der Waals surface area contributed by atoms with Gasteiger partial charge in [0.2, 0.25) is 5.78 Å². The topological polar surface area (TPSA) is 37.4 Å². The quantitative estimate of drug-likeness (QED) is 0.705. The van der Waals surface area contributed by atoms with E-state index in [0.717, 1.165) is 25.0 Å². The van der Waals surface area contributed by atoms with Gasteiger partial charge in [0, 0.05) is 17.7 Å². The van der Waals surface area contributed by atoms with Gasteiger partial charge in [-0.05, 0) is 32.1 Å². The molecule has 0 aromatic heterocycles. The predicted octanol–water partition coefficient (Wildman–Crippen LogP) is 2.91. The summed E-state index contributed by atoms with van der Waals surface area (Å²) in [6, 6.07) is 0. The summed E-state index contributed by atoms with van der Waals surface area (Å²) >= 11 is 0. The van der Waals surface area contributed by atoms with Crippen molar-refractivity contribution in [2.45, 2.75) is 52.9 Å². The largest absolute Gasteiger partial charge is 0.310 e. The van der Waals surface area contributed by atoms with Gasteiger partial charge in [0.15, 0.2) is 0 Å². The second-order valence-corrected chi connectivity index (χ2v) is 5.08. The van der Waals surface area contributed by atoms with E-state index in [0.29, 0.717) is 19.4 Å². The Morgan fingerprint density at radius 3 is 2.35 bits per heavy atom. The minimum atomic E-state index is -0.519. The minimum absolute atomic E-state index is 0.259. The van der Waals surface area contributed by atoms with Crippen molar-refractivity contribution >= 4 is 11.7 Å². The molecule has 1 aliphatic rings.